The van der Waals surface area contributed by atoms with Crippen LogP contribution in [0.1, 0.15) is 19.7 Å². The molecule has 0 unspecified atom stereocenters. The second-order valence-electron chi connectivity index (χ2n) is 4.61. The third-order valence-electron chi connectivity index (χ3n) is 2.25. The highest BCUT2D eigenvalue weighted by atomic mass is 16.5. The van der Waals surface area contributed by atoms with Crippen LogP contribution >= 0.6 is 0 Å². The summed E-state index contributed by atoms with van der Waals surface area (Å²) in [6, 6.07) is 5.57. The van der Waals surface area contributed by atoms with E-state index in [1.807, 2.05) is 32.0 Å². The van der Waals surface area contributed by atoms with Crippen LogP contribution in [0.4, 0.5) is 0 Å². The van der Waals surface area contributed by atoms with Crippen molar-refractivity contribution in [3.05, 3.63) is 24.1 Å². The molecule has 2 aromatic rings. The van der Waals surface area contributed by atoms with Crippen LogP contribution in [-0.4, -0.2) is 17.6 Å². The zero-order valence-electron chi connectivity index (χ0n) is 9.78. The van der Waals surface area contributed by atoms with Crippen LogP contribution in [-0.2, 0) is 6.42 Å². The fourth-order valence-electron chi connectivity index (χ4n) is 1.55. The van der Waals surface area contributed by atoms with E-state index in [1.165, 1.54) is 0 Å². The summed E-state index contributed by atoms with van der Waals surface area (Å²) in [4.78, 5) is 4.37. The number of aromatic nitrogens is 1. The lowest BCUT2D eigenvalue weighted by Crippen LogP contribution is -2.34. The molecular weight excluding hydrogens is 204 g/mol. The van der Waals surface area contributed by atoms with Gasteiger partial charge in [0.1, 0.15) is 11.3 Å². The number of nitrogens with zero attached hydrogens (tertiary/aromatic N) is 1. The largest absolute Gasteiger partial charge is 0.497 e. The number of hydrogen-bond acceptors (Lipinski definition) is 4. The number of benzene rings is 1. The molecule has 2 N–H and O–H groups in total. The van der Waals surface area contributed by atoms with Crippen molar-refractivity contribution in [1.82, 2.24) is 4.98 Å². The maximum atomic E-state index is 5.92. The molecule has 1 aromatic heterocycles. The Kier molecular flexibility index (Phi) is 2.59. The maximum Gasteiger partial charge on any atom is 0.197 e. The second-order valence-corrected chi connectivity index (χ2v) is 4.61. The summed E-state index contributed by atoms with van der Waals surface area (Å²) in [5, 5.41) is 0. The average molecular weight is 220 g/mol. The first-order chi connectivity index (χ1) is 7.48. The molecule has 0 bridgehead atoms. The third-order valence-corrected chi connectivity index (χ3v) is 2.25. The Morgan fingerprint density at radius 1 is 1.44 bits per heavy atom. The van der Waals surface area contributed by atoms with E-state index in [0.717, 1.165) is 16.8 Å². The first kappa shape index (κ1) is 11.0. The second kappa shape index (κ2) is 3.79. The van der Waals surface area contributed by atoms with Gasteiger partial charge < -0.3 is 14.9 Å². The average Bonchev–Trinajstić information content (AvgIpc) is 2.55. The number of hydrogen-bond donors (Lipinski definition) is 1. The summed E-state index contributed by atoms with van der Waals surface area (Å²) >= 11 is 0. The maximum absolute atomic E-state index is 5.92. The van der Waals surface area contributed by atoms with Gasteiger partial charge in [0.2, 0.25) is 0 Å². The molecule has 0 aliphatic carbocycles. The smallest absolute Gasteiger partial charge is 0.197 e. The molecule has 0 amide bonds. The molecule has 86 valence electrons. The molecule has 0 fully saturated rings. The van der Waals surface area contributed by atoms with Gasteiger partial charge in [0.05, 0.1) is 7.11 Å². The summed E-state index contributed by atoms with van der Waals surface area (Å²) < 4.78 is 10.7. The van der Waals surface area contributed by atoms with Crippen molar-refractivity contribution >= 4 is 11.1 Å². The molecule has 4 heteroatoms. The van der Waals surface area contributed by atoms with Crippen molar-refractivity contribution in [1.29, 1.82) is 0 Å². The minimum atomic E-state index is -0.315. The van der Waals surface area contributed by atoms with E-state index in [0.29, 0.717) is 12.3 Å². The summed E-state index contributed by atoms with van der Waals surface area (Å²) in [6.07, 6.45) is 0.615. The summed E-state index contributed by atoms with van der Waals surface area (Å²) in [5.74, 6) is 1.43. The lowest BCUT2D eigenvalue weighted by atomic mass is 10.0. The molecule has 0 saturated carbocycles. The van der Waals surface area contributed by atoms with E-state index in [2.05, 4.69) is 4.98 Å². The van der Waals surface area contributed by atoms with Crippen LogP contribution < -0.4 is 10.5 Å². The van der Waals surface area contributed by atoms with E-state index in [1.54, 1.807) is 7.11 Å². The first-order valence-electron chi connectivity index (χ1n) is 5.20. The van der Waals surface area contributed by atoms with Gasteiger partial charge in [-0.15, -0.1) is 0 Å². The predicted molar refractivity (Wildman–Crippen MR) is 62.5 cm³/mol. The highest BCUT2D eigenvalue weighted by Gasteiger charge is 2.16. The van der Waals surface area contributed by atoms with E-state index < -0.39 is 0 Å². The Morgan fingerprint density at radius 3 is 2.81 bits per heavy atom. The van der Waals surface area contributed by atoms with Crippen molar-refractivity contribution in [2.24, 2.45) is 5.73 Å². The minimum absolute atomic E-state index is 0.315. The molecule has 0 radical (unpaired) electrons. The Labute approximate surface area is 94.4 Å². The Balaban J connectivity index is 2.36. The molecule has 1 heterocycles. The van der Waals surface area contributed by atoms with Crippen molar-refractivity contribution in [2.75, 3.05) is 7.11 Å². The van der Waals surface area contributed by atoms with Crippen molar-refractivity contribution in [3.63, 3.8) is 0 Å². The fourth-order valence-corrected chi connectivity index (χ4v) is 1.55. The molecule has 16 heavy (non-hydrogen) atoms. The van der Waals surface area contributed by atoms with Gasteiger partial charge in [0, 0.05) is 18.0 Å². The van der Waals surface area contributed by atoms with Crippen LogP contribution in [0.2, 0.25) is 0 Å². The highest BCUT2D eigenvalue weighted by molar-refractivity contribution is 5.74. The molecular formula is C12H16N2O2. The molecule has 1 aromatic carbocycles. The molecule has 0 atom stereocenters. The van der Waals surface area contributed by atoms with Crippen molar-refractivity contribution in [3.8, 4) is 5.75 Å². The lowest BCUT2D eigenvalue weighted by molar-refractivity contribution is 0.412. The van der Waals surface area contributed by atoms with E-state index in [4.69, 9.17) is 14.9 Å². The molecule has 2 rings (SSSR count). The fraction of sp³-hybridized carbons (Fsp3) is 0.417. The summed E-state index contributed by atoms with van der Waals surface area (Å²) in [5.41, 5.74) is 7.17. The van der Waals surface area contributed by atoms with Crippen LogP contribution in [0.25, 0.3) is 11.1 Å². The van der Waals surface area contributed by atoms with Gasteiger partial charge in [-0.3, -0.25) is 0 Å². The van der Waals surface area contributed by atoms with Gasteiger partial charge in [-0.1, -0.05) is 0 Å². The molecule has 4 nitrogen and oxygen atoms in total. The normalized spacial score (nSPS) is 12.0. The van der Waals surface area contributed by atoms with Gasteiger partial charge in [0.15, 0.2) is 11.5 Å². The van der Waals surface area contributed by atoms with Crippen LogP contribution in [0, 0.1) is 0 Å². The number of nitrogens with two attached hydrogens (primary N) is 1. The van der Waals surface area contributed by atoms with E-state index in [-0.39, 0.29) is 5.54 Å². The molecule has 0 saturated heterocycles. The first-order valence-corrected chi connectivity index (χ1v) is 5.20. The Morgan fingerprint density at radius 2 is 2.19 bits per heavy atom. The summed E-state index contributed by atoms with van der Waals surface area (Å²) in [6.45, 7) is 3.89. The quantitative estimate of drug-likeness (QED) is 0.860. The van der Waals surface area contributed by atoms with E-state index in [9.17, 15) is 0 Å². The number of rotatable bonds is 3. The highest BCUT2D eigenvalue weighted by Crippen LogP contribution is 2.22. The molecule has 0 spiro atoms. The Hall–Kier alpha value is -1.55. The number of fused-ring (bicyclic) bond motifs is 1. The summed E-state index contributed by atoms with van der Waals surface area (Å²) in [7, 11) is 1.63. The number of ether oxygens (including phenoxy) is 1. The van der Waals surface area contributed by atoms with Crippen LogP contribution in [0.3, 0.4) is 0 Å². The zero-order valence-corrected chi connectivity index (χ0v) is 9.78. The standard InChI is InChI=1S/C12H16N2O2/c1-12(2,13)7-11-14-9-5-4-8(15-3)6-10(9)16-11/h4-6H,7,13H2,1-3H3. The number of oxazole rings is 1. The van der Waals surface area contributed by atoms with Crippen LogP contribution in [0.15, 0.2) is 22.6 Å². The van der Waals surface area contributed by atoms with Gasteiger partial charge in [-0.05, 0) is 26.0 Å². The predicted octanol–water partition coefficient (Wildman–Crippen LogP) is 2.12. The Bertz CT molecular complexity index is 497. The molecule has 0 aliphatic heterocycles. The molecule has 0 aliphatic rings. The van der Waals surface area contributed by atoms with Crippen LogP contribution in [0.5, 0.6) is 5.75 Å². The van der Waals surface area contributed by atoms with Gasteiger partial charge >= 0.3 is 0 Å². The van der Waals surface area contributed by atoms with Gasteiger partial charge in [-0.25, -0.2) is 4.98 Å². The van der Waals surface area contributed by atoms with Crippen molar-refractivity contribution < 1.29 is 9.15 Å². The topological polar surface area (TPSA) is 61.3 Å². The minimum Gasteiger partial charge on any atom is -0.497 e. The number of methoxy groups -OCH3 is 1. The van der Waals surface area contributed by atoms with E-state index >= 15 is 0 Å². The SMILES string of the molecule is COc1ccc2nc(CC(C)(C)N)oc2c1. The third kappa shape index (κ3) is 2.33. The lowest BCUT2D eigenvalue weighted by Gasteiger charge is -2.14. The van der Waals surface area contributed by atoms with Gasteiger partial charge in [-0.2, -0.15) is 0 Å². The van der Waals surface area contributed by atoms with Crippen molar-refractivity contribution in [2.45, 2.75) is 25.8 Å². The monoisotopic (exact) mass is 220 g/mol. The zero-order chi connectivity index (χ0) is 11.8. The van der Waals surface area contributed by atoms with Gasteiger partial charge in [0.25, 0.3) is 0 Å².